The van der Waals surface area contributed by atoms with Crippen molar-refractivity contribution in [3.8, 4) is 0 Å². The summed E-state index contributed by atoms with van der Waals surface area (Å²) < 4.78 is 5.47. The molecule has 0 radical (unpaired) electrons. The van der Waals surface area contributed by atoms with Crippen LogP contribution in [-0.2, 0) is 4.74 Å². The van der Waals surface area contributed by atoms with E-state index in [2.05, 4.69) is 60.4 Å². The van der Waals surface area contributed by atoms with Gasteiger partial charge < -0.3 is 19.9 Å². The lowest BCUT2D eigenvalue weighted by Crippen LogP contribution is -2.42. The number of nitrogens with one attached hydrogen (secondary N) is 1. The van der Waals surface area contributed by atoms with Crippen LogP contribution in [0.25, 0.3) is 0 Å². The van der Waals surface area contributed by atoms with E-state index in [1.165, 1.54) is 5.69 Å². The van der Waals surface area contributed by atoms with Crippen LogP contribution in [0.2, 0.25) is 0 Å². The highest BCUT2D eigenvalue weighted by Gasteiger charge is 2.18. The first-order valence-corrected chi connectivity index (χ1v) is 8.54. The average molecular weight is 446 g/mol. The van der Waals surface area contributed by atoms with E-state index in [1.54, 1.807) is 0 Å². The van der Waals surface area contributed by atoms with Crippen molar-refractivity contribution in [3.05, 3.63) is 30.3 Å². The molecular weight excluding hydrogens is 415 g/mol. The fourth-order valence-corrected chi connectivity index (χ4v) is 2.79. The summed E-state index contributed by atoms with van der Waals surface area (Å²) in [5.74, 6) is 1.61. The molecule has 0 aliphatic carbocycles. The predicted octanol–water partition coefficient (Wildman–Crippen LogP) is 2.67. The van der Waals surface area contributed by atoms with Crippen LogP contribution in [-0.4, -0.2) is 64.3 Å². The van der Waals surface area contributed by atoms with Crippen LogP contribution in [0.1, 0.15) is 13.3 Å². The van der Waals surface area contributed by atoms with Crippen molar-refractivity contribution in [2.75, 3.05) is 58.4 Å². The number of para-hydroxylation sites is 1. The Morgan fingerprint density at radius 2 is 2.04 bits per heavy atom. The van der Waals surface area contributed by atoms with Crippen molar-refractivity contribution >= 4 is 35.6 Å². The highest BCUT2D eigenvalue weighted by Crippen LogP contribution is 2.13. The van der Waals surface area contributed by atoms with Crippen LogP contribution in [0.4, 0.5) is 5.69 Å². The first kappa shape index (κ1) is 21.0. The van der Waals surface area contributed by atoms with E-state index in [1.807, 2.05) is 6.07 Å². The molecule has 1 unspecified atom stereocenters. The van der Waals surface area contributed by atoms with E-state index in [9.17, 15) is 0 Å². The van der Waals surface area contributed by atoms with Crippen LogP contribution in [0.15, 0.2) is 35.3 Å². The number of aliphatic imine (C=N–C) groups is 1. The van der Waals surface area contributed by atoms with Gasteiger partial charge in [0.1, 0.15) is 0 Å². The highest BCUT2D eigenvalue weighted by atomic mass is 127. The topological polar surface area (TPSA) is 40.1 Å². The Labute approximate surface area is 163 Å². The van der Waals surface area contributed by atoms with Crippen LogP contribution < -0.4 is 10.2 Å². The summed E-state index contributed by atoms with van der Waals surface area (Å²) in [4.78, 5) is 9.23. The number of halogens is 1. The van der Waals surface area contributed by atoms with Crippen LogP contribution in [0.5, 0.6) is 0 Å². The summed E-state index contributed by atoms with van der Waals surface area (Å²) in [6, 6.07) is 10.4. The molecule has 136 valence electrons. The quantitative estimate of drug-likeness (QED) is 0.397. The first-order chi connectivity index (χ1) is 11.2. The van der Waals surface area contributed by atoms with Gasteiger partial charge in [-0.3, -0.25) is 4.99 Å². The van der Waals surface area contributed by atoms with Gasteiger partial charge >= 0.3 is 0 Å². The van der Waals surface area contributed by atoms with Crippen molar-refractivity contribution in [1.29, 1.82) is 0 Å². The number of nitrogens with zero attached hydrogens (tertiary/aromatic N) is 3. The minimum absolute atomic E-state index is 0. The number of ether oxygens (including phenoxy) is 1. The molecule has 0 amide bonds. The maximum Gasteiger partial charge on any atom is 0.193 e. The number of rotatable bonds is 7. The van der Waals surface area contributed by atoms with E-state index in [0.29, 0.717) is 5.92 Å². The smallest absolute Gasteiger partial charge is 0.193 e. The second kappa shape index (κ2) is 11.5. The fraction of sp³-hybridized carbons (Fsp3) is 0.611. The van der Waals surface area contributed by atoms with E-state index in [4.69, 9.17) is 9.73 Å². The van der Waals surface area contributed by atoms with Crippen molar-refractivity contribution in [2.24, 2.45) is 10.9 Å². The second-order valence-electron chi connectivity index (χ2n) is 6.10. The standard InChI is InChI=1S/C18H30N4O.HI/c1-4-19-18(22(3)14-16-10-13-23-15-16)20-11-12-21(2)17-8-6-5-7-9-17;/h5-9,16H,4,10-15H2,1-3H3,(H,19,20);1H. The monoisotopic (exact) mass is 446 g/mol. The van der Waals surface area contributed by atoms with E-state index >= 15 is 0 Å². The molecule has 2 rings (SSSR count). The summed E-state index contributed by atoms with van der Waals surface area (Å²) in [5, 5.41) is 3.39. The van der Waals surface area contributed by atoms with Crippen LogP contribution in [0, 0.1) is 5.92 Å². The molecular formula is C18H31IN4O. The Balaban J connectivity index is 0.00000288. The third-order valence-electron chi connectivity index (χ3n) is 4.15. The van der Waals surface area contributed by atoms with Crippen molar-refractivity contribution in [2.45, 2.75) is 13.3 Å². The summed E-state index contributed by atoms with van der Waals surface area (Å²) in [6.07, 6.45) is 1.15. The maximum absolute atomic E-state index is 5.47. The van der Waals surface area contributed by atoms with E-state index < -0.39 is 0 Å². The maximum atomic E-state index is 5.47. The Bertz CT molecular complexity index is 477. The third-order valence-corrected chi connectivity index (χ3v) is 4.15. The third kappa shape index (κ3) is 6.84. The number of anilines is 1. The lowest BCUT2D eigenvalue weighted by Gasteiger charge is -2.25. The molecule has 1 aliphatic heterocycles. The van der Waals surface area contributed by atoms with Gasteiger partial charge in [-0.05, 0) is 25.5 Å². The van der Waals surface area contributed by atoms with Gasteiger partial charge in [-0.1, -0.05) is 18.2 Å². The Hall–Kier alpha value is -1.02. The summed E-state index contributed by atoms with van der Waals surface area (Å²) in [7, 11) is 4.22. The normalized spacial score (nSPS) is 17.3. The molecule has 1 N–H and O–H groups in total. The second-order valence-corrected chi connectivity index (χ2v) is 6.10. The van der Waals surface area contributed by atoms with Gasteiger partial charge in [0.2, 0.25) is 0 Å². The highest BCUT2D eigenvalue weighted by molar-refractivity contribution is 14.0. The molecule has 24 heavy (non-hydrogen) atoms. The summed E-state index contributed by atoms with van der Waals surface area (Å²) >= 11 is 0. The van der Waals surface area contributed by atoms with Crippen molar-refractivity contribution < 1.29 is 4.74 Å². The molecule has 1 fully saturated rings. The summed E-state index contributed by atoms with van der Waals surface area (Å²) in [5.41, 5.74) is 1.23. The zero-order chi connectivity index (χ0) is 16.5. The Kier molecular flexibility index (Phi) is 10.1. The van der Waals surface area contributed by atoms with Gasteiger partial charge in [-0.15, -0.1) is 24.0 Å². The van der Waals surface area contributed by atoms with E-state index in [0.717, 1.165) is 51.8 Å². The first-order valence-electron chi connectivity index (χ1n) is 8.54. The van der Waals surface area contributed by atoms with Crippen LogP contribution >= 0.6 is 24.0 Å². The molecule has 6 heteroatoms. The molecule has 1 aliphatic rings. The Morgan fingerprint density at radius 1 is 1.29 bits per heavy atom. The minimum Gasteiger partial charge on any atom is -0.381 e. The molecule has 1 aromatic carbocycles. The average Bonchev–Trinajstić information content (AvgIpc) is 3.07. The molecule has 1 atom stereocenters. The van der Waals surface area contributed by atoms with Gasteiger partial charge in [0, 0.05) is 51.9 Å². The molecule has 1 saturated heterocycles. The zero-order valence-electron chi connectivity index (χ0n) is 15.1. The minimum atomic E-state index is 0. The number of benzene rings is 1. The van der Waals surface area contributed by atoms with Gasteiger partial charge in [0.25, 0.3) is 0 Å². The van der Waals surface area contributed by atoms with E-state index in [-0.39, 0.29) is 24.0 Å². The Morgan fingerprint density at radius 3 is 2.67 bits per heavy atom. The molecule has 0 bridgehead atoms. The number of likely N-dealkylation sites (N-methyl/N-ethyl adjacent to an activating group) is 1. The zero-order valence-corrected chi connectivity index (χ0v) is 17.4. The molecule has 0 saturated carbocycles. The van der Waals surface area contributed by atoms with Gasteiger partial charge in [0.05, 0.1) is 13.2 Å². The lowest BCUT2D eigenvalue weighted by atomic mass is 10.1. The molecule has 0 aromatic heterocycles. The fourth-order valence-electron chi connectivity index (χ4n) is 2.79. The largest absolute Gasteiger partial charge is 0.381 e. The van der Waals surface area contributed by atoms with Crippen LogP contribution in [0.3, 0.4) is 0 Å². The predicted molar refractivity (Wildman–Crippen MR) is 113 cm³/mol. The number of guanidine groups is 1. The van der Waals surface area contributed by atoms with Crippen molar-refractivity contribution in [1.82, 2.24) is 10.2 Å². The number of hydrogen-bond acceptors (Lipinski definition) is 3. The molecule has 1 aromatic rings. The van der Waals surface area contributed by atoms with Gasteiger partial charge in [-0.25, -0.2) is 0 Å². The SMILES string of the molecule is CCNC(=NCCN(C)c1ccccc1)N(C)CC1CCOC1.I. The van der Waals surface area contributed by atoms with Gasteiger partial charge in [-0.2, -0.15) is 0 Å². The summed E-state index contributed by atoms with van der Waals surface area (Å²) in [6.45, 7) is 7.45. The number of hydrogen-bond donors (Lipinski definition) is 1. The lowest BCUT2D eigenvalue weighted by molar-refractivity contribution is 0.181. The van der Waals surface area contributed by atoms with Gasteiger partial charge in [0.15, 0.2) is 5.96 Å². The van der Waals surface area contributed by atoms with Crippen molar-refractivity contribution in [3.63, 3.8) is 0 Å². The molecule has 0 spiro atoms. The molecule has 5 nitrogen and oxygen atoms in total. The molecule has 1 heterocycles.